The summed E-state index contributed by atoms with van der Waals surface area (Å²) in [6.07, 6.45) is 3.74. The topological polar surface area (TPSA) is 82.5 Å². The standard InChI is InChI=1S/C16H23N3O.C2HF3O2/c1-2-14-16(8-6-15(20)18-16)7-4-10-19(14)12-13-5-3-9-17-11-13;3-2(4,5)1(6)7/h3,5,9,11,14H,2,4,6-8,10,12H2,1H3,(H,18,20);(H,6,7)/t14-,16-;/m0./s1. The molecular formula is C18H24F3N3O3. The zero-order valence-corrected chi connectivity index (χ0v) is 15.1. The second-order valence-corrected chi connectivity index (χ2v) is 6.87. The van der Waals surface area contributed by atoms with Crippen molar-refractivity contribution < 1.29 is 27.9 Å². The molecule has 150 valence electrons. The average Bonchev–Trinajstić information content (AvgIpc) is 2.97. The Balaban J connectivity index is 0.000000321. The van der Waals surface area contributed by atoms with Gasteiger partial charge in [0.15, 0.2) is 0 Å². The fourth-order valence-electron chi connectivity index (χ4n) is 4.01. The zero-order valence-electron chi connectivity index (χ0n) is 15.1. The number of hydrogen-bond donors (Lipinski definition) is 2. The van der Waals surface area contributed by atoms with Gasteiger partial charge in [-0.05, 0) is 43.9 Å². The number of nitrogens with one attached hydrogen (secondary N) is 1. The van der Waals surface area contributed by atoms with Crippen LogP contribution < -0.4 is 5.32 Å². The van der Waals surface area contributed by atoms with Gasteiger partial charge in [-0.3, -0.25) is 14.7 Å². The molecule has 9 heteroatoms. The van der Waals surface area contributed by atoms with Crippen LogP contribution in [0.25, 0.3) is 0 Å². The number of nitrogens with zero attached hydrogens (tertiary/aromatic N) is 2. The van der Waals surface area contributed by atoms with Crippen LogP contribution in [0, 0.1) is 0 Å². The SMILES string of the molecule is CC[C@@H]1N(Cc2cccnc2)CCC[C@]12CCC(=O)N2.O=C(O)C(F)(F)F. The van der Waals surface area contributed by atoms with E-state index in [1.807, 2.05) is 18.5 Å². The van der Waals surface area contributed by atoms with Crippen LogP contribution in [-0.2, 0) is 16.1 Å². The molecule has 6 nitrogen and oxygen atoms in total. The predicted octanol–water partition coefficient (Wildman–Crippen LogP) is 2.74. The van der Waals surface area contributed by atoms with Gasteiger partial charge in [-0.25, -0.2) is 4.79 Å². The molecule has 2 atom stereocenters. The average molecular weight is 387 g/mol. The van der Waals surface area contributed by atoms with E-state index in [2.05, 4.69) is 28.2 Å². The molecule has 0 unspecified atom stereocenters. The van der Waals surface area contributed by atoms with Crippen LogP contribution in [0.2, 0.25) is 0 Å². The van der Waals surface area contributed by atoms with Gasteiger partial charge in [-0.1, -0.05) is 13.0 Å². The third kappa shape index (κ3) is 5.41. The quantitative estimate of drug-likeness (QED) is 0.833. The van der Waals surface area contributed by atoms with Gasteiger partial charge in [0.25, 0.3) is 0 Å². The molecular weight excluding hydrogens is 363 g/mol. The van der Waals surface area contributed by atoms with Crippen LogP contribution in [0.5, 0.6) is 0 Å². The van der Waals surface area contributed by atoms with Crippen molar-refractivity contribution in [2.45, 2.75) is 63.3 Å². The third-order valence-electron chi connectivity index (χ3n) is 5.07. The maximum absolute atomic E-state index is 11.7. The van der Waals surface area contributed by atoms with Crippen molar-refractivity contribution in [3.05, 3.63) is 30.1 Å². The minimum Gasteiger partial charge on any atom is -0.475 e. The highest BCUT2D eigenvalue weighted by Gasteiger charge is 2.47. The molecule has 3 rings (SSSR count). The highest BCUT2D eigenvalue weighted by molar-refractivity contribution is 5.79. The van der Waals surface area contributed by atoms with Gasteiger partial charge in [0.2, 0.25) is 5.91 Å². The molecule has 0 radical (unpaired) electrons. The van der Waals surface area contributed by atoms with Crippen molar-refractivity contribution in [2.24, 2.45) is 0 Å². The summed E-state index contributed by atoms with van der Waals surface area (Å²) in [6, 6.07) is 4.57. The maximum Gasteiger partial charge on any atom is 0.490 e. The van der Waals surface area contributed by atoms with E-state index in [0.717, 1.165) is 38.8 Å². The molecule has 1 amide bonds. The van der Waals surface area contributed by atoms with Crippen molar-refractivity contribution in [1.82, 2.24) is 15.2 Å². The number of halogens is 3. The summed E-state index contributed by atoms with van der Waals surface area (Å²) in [6.45, 7) is 4.29. The first-order valence-corrected chi connectivity index (χ1v) is 8.92. The summed E-state index contributed by atoms with van der Waals surface area (Å²) in [5, 5.41) is 10.4. The number of carbonyl (C=O) groups excluding carboxylic acids is 1. The Bertz CT molecular complexity index is 654. The number of pyridine rings is 1. The van der Waals surface area contributed by atoms with E-state index in [0.29, 0.717) is 12.5 Å². The number of piperidine rings is 1. The number of aliphatic carboxylic acids is 1. The summed E-state index contributed by atoms with van der Waals surface area (Å²) in [4.78, 5) is 27.3. The Morgan fingerprint density at radius 1 is 1.44 bits per heavy atom. The summed E-state index contributed by atoms with van der Waals surface area (Å²) < 4.78 is 31.7. The first-order chi connectivity index (χ1) is 12.7. The van der Waals surface area contributed by atoms with Crippen molar-refractivity contribution in [3.63, 3.8) is 0 Å². The first kappa shape index (κ1) is 21.1. The lowest BCUT2D eigenvalue weighted by molar-refractivity contribution is -0.192. The summed E-state index contributed by atoms with van der Waals surface area (Å²) >= 11 is 0. The number of amides is 1. The molecule has 0 aliphatic carbocycles. The summed E-state index contributed by atoms with van der Waals surface area (Å²) in [5.74, 6) is -2.53. The van der Waals surface area contributed by atoms with Crippen molar-refractivity contribution >= 4 is 11.9 Å². The molecule has 2 saturated heterocycles. The second-order valence-electron chi connectivity index (χ2n) is 6.87. The van der Waals surface area contributed by atoms with E-state index in [9.17, 15) is 18.0 Å². The molecule has 1 spiro atoms. The lowest BCUT2D eigenvalue weighted by Crippen LogP contribution is -2.61. The van der Waals surface area contributed by atoms with E-state index in [4.69, 9.17) is 9.90 Å². The number of alkyl halides is 3. The van der Waals surface area contributed by atoms with Crippen molar-refractivity contribution in [1.29, 1.82) is 0 Å². The largest absolute Gasteiger partial charge is 0.490 e. The number of rotatable bonds is 3. The number of carboxylic acids is 1. The van der Waals surface area contributed by atoms with Crippen LogP contribution in [-0.4, -0.2) is 51.2 Å². The van der Waals surface area contributed by atoms with Gasteiger partial charge in [0.05, 0.1) is 5.54 Å². The van der Waals surface area contributed by atoms with Crippen molar-refractivity contribution in [2.75, 3.05) is 6.54 Å². The molecule has 27 heavy (non-hydrogen) atoms. The van der Waals surface area contributed by atoms with Gasteiger partial charge < -0.3 is 10.4 Å². The lowest BCUT2D eigenvalue weighted by atomic mass is 9.78. The van der Waals surface area contributed by atoms with Crippen LogP contribution in [0.1, 0.15) is 44.6 Å². The Kier molecular flexibility index (Phi) is 6.80. The molecule has 2 fully saturated rings. The van der Waals surface area contributed by atoms with Gasteiger partial charge in [0, 0.05) is 31.4 Å². The van der Waals surface area contributed by atoms with Gasteiger partial charge in [0.1, 0.15) is 0 Å². The van der Waals surface area contributed by atoms with E-state index < -0.39 is 12.1 Å². The number of hydrogen-bond acceptors (Lipinski definition) is 4. The first-order valence-electron chi connectivity index (χ1n) is 8.92. The van der Waals surface area contributed by atoms with Crippen LogP contribution in [0.15, 0.2) is 24.5 Å². The highest BCUT2D eigenvalue weighted by atomic mass is 19.4. The van der Waals surface area contributed by atoms with Crippen molar-refractivity contribution in [3.8, 4) is 0 Å². The predicted molar refractivity (Wildman–Crippen MR) is 91.8 cm³/mol. The molecule has 2 aliphatic heterocycles. The number of likely N-dealkylation sites (tertiary alicyclic amines) is 1. The smallest absolute Gasteiger partial charge is 0.475 e. The highest BCUT2D eigenvalue weighted by Crippen LogP contribution is 2.37. The minimum atomic E-state index is -5.08. The molecule has 0 bridgehead atoms. The second kappa shape index (κ2) is 8.69. The van der Waals surface area contributed by atoms with E-state index in [1.165, 1.54) is 5.56 Å². The molecule has 1 aromatic rings. The monoisotopic (exact) mass is 387 g/mol. The maximum atomic E-state index is 11.7. The lowest BCUT2D eigenvalue weighted by Gasteiger charge is -2.48. The molecule has 1 aromatic heterocycles. The van der Waals surface area contributed by atoms with Gasteiger partial charge in [-0.2, -0.15) is 13.2 Å². The molecule has 2 aliphatic rings. The normalized spacial score (nSPS) is 25.6. The third-order valence-corrected chi connectivity index (χ3v) is 5.07. The Morgan fingerprint density at radius 3 is 2.63 bits per heavy atom. The van der Waals surface area contributed by atoms with Crippen LogP contribution in [0.3, 0.4) is 0 Å². The van der Waals surface area contributed by atoms with Crippen LogP contribution >= 0.6 is 0 Å². The van der Waals surface area contributed by atoms with E-state index >= 15 is 0 Å². The molecule has 2 N–H and O–H groups in total. The van der Waals surface area contributed by atoms with Gasteiger partial charge >= 0.3 is 12.1 Å². The summed E-state index contributed by atoms with van der Waals surface area (Å²) in [5.41, 5.74) is 1.28. The fourth-order valence-corrected chi connectivity index (χ4v) is 4.01. The fraction of sp³-hybridized carbons (Fsp3) is 0.611. The van der Waals surface area contributed by atoms with Gasteiger partial charge in [-0.15, -0.1) is 0 Å². The molecule has 0 saturated carbocycles. The number of carboxylic acid groups (broad SMARTS) is 1. The Labute approximate surface area is 155 Å². The minimum absolute atomic E-state index is 0.0201. The summed E-state index contributed by atoms with van der Waals surface area (Å²) in [7, 11) is 0. The number of aromatic nitrogens is 1. The number of carbonyl (C=O) groups is 2. The molecule has 0 aromatic carbocycles. The Morgan fingerprint density at radius 2 is 2.15 bits per heavy atom. The van der Waals surface area contributed by atoms with E-state index in [1.54, 1.807) is 0 Å². The Hall–Kier alpha value is -2.16. The molecule has 3 heterocycles. The van der Waals surface area contributed by atoms with Crippen LogP contribution in [0.4, 0.5) is 13.2 Å². The zero-order chi connectivity index (χ0) is 20.1. The van der Waals surface area contributed by atoms with E-state index in [-0.39, 0.29) is 11.4 Å².